The van der Waals surface area contributed by atoms with Gasteiger partial charge in [-0.1, -0.05) is 31.4 Å². The van der Waals surface area contributed by atoms with E-state index in [4.69, 9.17) is 5.73 Å². The molecular formula is C17H25N3OS. The molecule has 22 heavy (non-hydrogen) atoms. The van der Waals surface area contributed by atoms with E-state index < -0.39 is 0 Å². The van der Waals surface area contributed by atoms with Crippen LogP contribution in [0.3, 0.4) is 0 Å². The Labute approximate surface area is 138 Å². The molecule has 2 unspecified atom stereocenters. The van der Waals surface area contributed by atoms with Crippen molar-refractivity contribution in [3.8, 4) is 0 Å². The highest BCUT2D eigenvalue weighted by Gasteiger charge is 2.37. The molecule has 1 aromatic carbocycles. The quantitative estimate of drug-likeness (QED) is 0.819. The van der Waals surface area contributed by atoms with Crippen LogP contribution in [0.15, 0.2) is 24.3 Å². The van der Waals surface area contributed by atoms with Crippen LogP contribution in [0.4, 0.5) is 0 Å². The number of fused-ring (bicyclic) bond motifs is 2. The third kappa shape index (κ3) is 3.47. The minimum absolute atomic E-state index is 0.200. The average Bonchev–Trinajstić information content (AvgIpc) is 2.81. The van der Waals surface area contributed by atoms with Gasteiger partial charge in [0.05, 0.1) is 0 Å². The van der Waals surface area contributed by atoms with Gasteiger partial charge in [-0.05, 0) is 42.9 Å². The fraction of sp³-hybridized carbons (Fsp3) is 0.588. The lowest BCUT2D eigenvalue weighted by molar-refractivity contribution is 0.0733. The zero-order valence-corrected chi connectivity index (χ0v) is 13.8. The van der Waals surface area contributed by atoms with Gasteiger partial charge in [-0.15, -0.1) is 0 Å². The maximum Gasteiger partial charge on any atom is 0.254 e. The second-order valence-corrected chi connectivity index (χ2v) is 7.08. The van der Waals surface area contributed by atoms with E-state index in [9.17, 15) is 4.79 Å². The number of nitrogens with zero attached hydrogens (tertiary/aromatic N) is 2. The van der Waals surface area contributed by atoms with Gasteiger partial charge in [0.1, 0.15) is 0 Å². The van der Waals surface area contributed by atoms with Gasteiger partial charge in [0.2, 0.25) is 0 Å². The van der Waals surface area contributed by atoms with Crippen LogP contribution in [-0.4, -0.2) is 40.8 Å². The Morgan fingerprint density at radius 3 is 2.77 bits per heavy atom. The Kier molecular flexibility index (Phi) is 5.06. The van der Waals surface area contributed by atoms with Crippen molar-refractivity contribution in [2.45, 2.75) is 38.3 Å². The standard InChI is InChI=1S/C17H25N3OS/c18-8-9-19(22)11-13-4-6-15(7-5-13)17(21)20-12-14-2-1-3-16(20)10-14/h4-7,14,16,22H,1-3,8-12,18H2. The van der Waals surface area contributed by atoms with Gasteiger partial charge in [-0.25, -0.2) is 4.31 Å². The van der Waals surface area contributed by atoms with Gasteiger partial charge in [0.25, 0.3) is 5.91 Å². The summed E-state index contributed by atoms with van der Waals surface area (Å²) in [5.41, 5.74) is 7.48. The maximum atomic E-state index is 12.7. The van der Waals surface area contributed by atoms with Crippen LogP contribution in [0.5, 0.6) is 0 Å². The highest BCUT2D eigenvalue weighted by Crippen LogP contribution is 2.36. The Morgan fingerprint density at radius 1 is 1.32 bits per heavy atom. The number of benzene rings is 1. The topological polar surface area (TPSA) is 49.6 Å². The molecule has 120 valence electrons. The van der Waals surface area contributed by atoms with E-state index in [-0.39, 0.29) is 5.91 Å². The van der Waals surface area contributed by atoms with Crippen molar-refractivity contribution in [3.05, 3.63) is 35.4 Å². The molecule has 2 fully saturated rings. The van der Waals surface area contributed by atoms with Gasteiger partial charge in [-0.3, -0.25) is 4.79 Å². The molecule has 4 nitrogen and oxygen atoms in total. The molecule has 0 radical (unpaired) electrons. The first-order valence-corrected chi connectivity index (χ1v) is 8.61. The molecule has 1 amide bonds. The first kappa shape index (κ1) is 15.8. The van der Waals surface area contributed by atoms with Crippen molar-refractivity contribution < 1.29 is 4.79 Å². The van der Waals surface area contributed by atoms with E-state index in [2.05, 4.69) is 17.7 Å². The molecular weight excluding hydrogens is 294 g/mol. The van der Waals surface area contributed by atoms with Crippen molar-refractivity contribution in [2.75, 3.05) is 19.6 Å². The van der Waals surface area contributed by atoms with Crippen molar-refractivity contribution in [1.82, 2.24) is 9.21 Å². The molecule has 1 saturated heterocycles. The van der Waals surface area contributed by atoms with Crippen LogP contribution >= 0.6 is 12.8 Å². The monoisotopic (exact) mass is 319 g/mol. The predicted molar refractivity (Wildman–Crippen MR) is 91.7 cm³/mol. The van der Waals surface area contributed by atoms with E-state index in [0.717, 1.165) is 36.7 Å². The summed E-state index contributed by atoms with van der Waals surface area (Å²) in [7, 11) is 0. The van der Waals surface area contributed by atoms with Crippen LogP contribution in [0.25, 0.3) is 0 Å². The van der Waals surface area contributed by atoms with E-state index >= 15 is 0 Å². The summed E-state index contributed by atoms with van der Waals surface area (Å²) in [6.45, 7) is 3.04. The Hall–Kier alpha value is -1.04. The van der Waals surface area contributed by atoms with Gasteiger partial charge in [0.15, 0.2) is 0 Å². The van der Waals surface area contributed by atoms with Crippen LogP contribution in [0.1, 0.15) is 41.6 Å². The molecule has 3 rings (SSSR count). The molecule has 2 bridgehead atoms. The molecule has 2 aliphatic rings. The molecule has 1 aromatic rings. The third-order valence-corrected chi connectivity index (χ3v) is 5.21. The number of amides is 1. The summed E-state index contributed by atoms with van der Waals surface area (Å²) >= 11 is 4.38. The predicted octanol–water partition coefficient (Wildman–Crippen LogP) is 2.31. The summed E-state index contributed by atoms with van der Waals surface area (Å²) in [4.78, 5) is 14.8. The van der Waals surface area contributed by atoms with Gasteiger partial charge in [-0.2, -0.15) is 0 Å². The third-order valence-electron chi connectivity index (χ3n) is 4.86. The van der Waals surface area contributed by atoms with Crippen LogP contribution < -0.4 is 5.73 Å². The number of carbonyl (C=O) groups is 1. The lowest BCUT2D eigenvalue weighted by Crippen LogP contribution is -2.35. The Bertz CT molecular complexity index is 519. The van der Waals surface area contributed by atoms with Gasteiger partial charge < -0.3 is 10.6 Å². The number of thiol groups is 1. The molecule has 5 heteroatoms. The summed E-state index contributed by atoms with van der Waals surface area (Å²) in [6, 6.07) is 8.42. The lowest BCUT2D eigenvalue weighted by Gasteiger charge is -2.24. The summed E-state index contributed by atoms with van der Waals surface area (Å²) in [6.07, 6.45) is 4.95. The Morgan fingerprint density at radius 2 is 2.09 bits per heavy atom. The van der Waals surface area contributed by atoms with E-state index in [1.165, 1.54) is 25.7 Å². The first-order valence-electron chi connectivity index (χ1n) is 8.21. The number of carbonyl (C=O) groups excluding carboxylic acids is 1. The maximum absolute atomic E-state index is 12.7. The normalized spacial score (nSPS) is 24.0. The smallest absolute Gasteiger partial charge is 0.254 e. The molecule has 1 aliphatic heterocycles. The largest absolute Gasteiger partial charge is 0.335 e. The fourth-order valence-electron chi connectivity index (χ4n) is 3.74. The zero-order valence-electron chi connectivity index (χ0n) is 12.9. The fourth-order valence-corrected chi connectivity index (χ4v) is 4.02. The summed E-state index contributed by atoms with van der Waals surface area (Å²) < 4.78 is 1.89. The number of nitrogens with two attached hydrogens (primary N) is 1. The van der Waals surface area contributed by atoms with Crippen LogP contribution in [0.2, 0.25) is 0 Å². The lowest BCUT2D eigenvalue weighted by atomic mass is 9.90. The Balaban J connectivity index is 1.64. The SMILES string of the molecule is NCCN(S)Cc1ccc(C(=O)N2CC3CCCC2C3)cc1. The molecule has 1 saturated carbocycles. The van der Waals surface area contributed by atoms with Crippen molar-refractivity contribution in [2.24, 2.45) is 11.7 Å². The van der Waals surface area contributed by atoms with Crippen LogP contribution in [-0.2, 0) is 6.54 Å². The molecule has 2 atom stereocenters. The van der Waals surface area contributed by atoms with Crippen molar-refractivity contribution in [1.29, 1.82) is 0 Å². The highest BCUT2D eigenvalue weighted by atomic mass is 32.1. The number of likely N-dealkylation sites (tertiary alicyclic amines) is 1. The second kappa shape index (κ2) is 7.02. The minimum atomic E-state index is 0.200. The first-order chi connectivity index (χ1) is 10.7. The minimum Gasteiger partial charge on any atom is -0.335 e. The molecule has 1 heterocycles. The number of hydrogen-bond acceptors (Lipinski definition) is 4. The second-order valence-electron chi connectivity index (χ2n) is 6.52. The number of rotatable bonds is 5. The number of hydrogen-bond donors (Lipinski definition) is 2. The van der Waals surface area contributed by atoms with E-state index in [1.54, 1.807) is 0 Å². The van der Waals surface area contributed by atoms with E-state index in [0.29, 0.717) is 12.6 Å². The molecule has 0 aromatic heterocycles. The van der Waals surface area contributed by atoms with Crippen molar-refractivity contribution in [3.63, 3.8) is 0 Å². The van der Waals surface area contributed by atoms with Crippen molar-refractivity contribution >= 4 is 18.7 Å². The van der Waals surface area contributed by atoms with Gasteiger partial charge >= 0.3 is 0 Å². The zero-order chi connectivity index (χ0) is 15.5. The molecule has 2 N–H and O–H groups in total. The molecule has 1 aliphatic carbocycles. The summed E-state index contributed by atoms with van der Waals surface area (Å²) in [5, 5.41) is 0. The van der Waals surface area contributed by atoms with Crippen LogP contribution in [0, 0.1) is 5.92 Å². The average molecular weight is 319 g/mol. The van der Waals surface area contributed by atoms with Gasteiger partial charge in [0, 0.05) is 37.8 Å². The molecule has 0 spiro atoms. The highest BCUT2D eigenvalue weighted by molar-refractivity contribution is 7.77. The summed E-state index contributed by atoms with van der Waals surface area (Å²) in [5.74, 6) is 0.932. The van der Waals surface area contributed by atoms with E-state index in [1.807, 2.05) is 28.6 Å².